The summed E-state index contributed by atoms with van der Waals surface area (Å²) in [7, 11) is 0. The predicted octanol–water partition coefficient (Wildman–Crippen LogP) is -0.0126. The van der Waals surface area contributed by atoms with E-state index in [1.807, 2.05) is 6.26 Å². The highest BCUT2D eigenvalue weighted by molar-refractivity contribution is 7.98. The molecule has 0 saturated heterocycles. The van der Waals surface area contributed by atoms with E-state index in [0.29, 0.717) is 10.9 Å². The van der Waals surface area contributed by atoms with E-state index < -0.39 is 0 Å². The molecule has 5 heteroatoms. The molecule has 1 aromatic heterocycles. The predicted molar refractivity (Wildman–Crippen MR) is 45.2 cm³/mol. The number of rotatable bonds is 1. The third kappa shape index (κ3) is 1.54. The lowest BCUT2D eigenvalue weighted by molar-refractivity contribution is 0.747. The van der Waals surface area contributed by atoms with Crippen LogP contribution in [0.1, 0.15) is 5.69 Å². The molecule has 0 radical (unpaired) electrons. The molecule has 1 rings (SSSR count). The maximum absolute atomic E-state index is 11.0. The van der Waals surface area contributed by atoms with Crippen LogP contribution in [0.4, 0.5) is 0 Å². The van der Waals surface area contributed by atoms with Gasteiger partial charge in [0.15, 0.2) is 5.16 Å². The smallest absolute Gasteiger partial charge is 0.272 e. The summed E-state index contributed by atoms with van der Waals surface area (Å²) in [6.07, 6.45) is 1.82. The van der Waals surface area contributed by atoms with Crippen molar-refractivity contribution >= 4 is 11.8 Å². The molecular weight excluding hydrogens is 162 g/mol. The first kappa shape index (κ1) is 8.13. The van der Waals surface area contributed by atoms with Gasteiger partial charge in [0, 0.05) is 11.8 Å². The highest BCUT2D eigenvalue weighted by atomic mass is 32.2. The third-order valence-corrected chi connectivity index (χ3v) is 1.88. The largest absolute Gasteiger partial charge is 0.334 e. The van der Waals surface area contributed by atoms with Gasteiger partial charge in [0.05, 0.1) is 0 Å². The van der Waals surface area contributed by atoms with Crippen molar-refractivity contribution in [3.8, 4) is 0 Å². The molecule has 0 atom stereocenters. The first-order valence-corrected chi connectivity index (χ1v) is 4.27. The van der Waals surface area contributed by atoms with E-state index in [0.717, 1.165) is 4.68 Å². The summed E-state index contributed by atoms with van der Waals surface area (Å²) in [4.78, 5) is 15.1. The van der Waals surface area contributed by atoms with Gasteiger partial charge in [-0.05, 0) is 13.2 Å². The average Bonchev–Trinajstić information content (AvgIpc) is 1.96. The molecule has 0 bridgehead atoms. The molecular formula is C6H9N3OS. The average molecular weight is 171 g/mol. The van der Waals surface area contributed by atoms with Crippen molar-refractivity contribution in [2.24, 2.45) is 0 Å². The summed E-state index contributed by atoms with van der Waals surface area (Å²) in [5.41, 5.74) is 0.475. The van der Waals surface area contributed by atoms with E-state index in [2.05, 4.69) is 4.98 Å². The van der Waals surface area contributed by atoms with Crippen LogP contribution in [-0.2, 0) is 0 Å². The minimum absolute atomic E-state index is 0.221. The SMILES string of the molecule is CSc1nc(C)cc(=O)n1N. The summed E-state index contributed by atoms with van der Waals surface area (Å²) in [5, 5.41) is 0.537. The first-order chi connectivity index (χ1) is 5.15. The van der Waals surface area contributed by atoms with E-state index in [4.69, 9.17) is 5.84 Å². The number of thioether (sulfide) groups is 1. The fourth-order valence-electron chi connectivity index (χ4n) is 0.724. The van der Waals surface area contributed by atoms with Gasteiger partial charge in [0.2, 0.25) is 0 Å². The maximum Gasteiger partial charge on any atom is 0.272 e. The van der Waals surface area contributed by atoms with Crippen molar-refractivity contribution in [3.63, 3.8) is 0 Å². The van der Waals surface area contributed by atoms with Crippen LogP contribution in [0, 0.1) is 6.92 Å². The lowest BCUT2D eigenvalue weighted by atomic mass is 10.5. The Morgan fingerprint density at radius 3 is 2.91 bits per heavy atom. The standard InChI is InChI=1S/C6H9N3OS/c1-4-3-5(10)9(7)6(8-4)11-2/h3H,7H2,1-2H3. The normalized spacial score (nSPS) is 10.0. The van der Waals surface area contributed by atoms with E-state index >= 15 is 0 Å². The molecule has 1 aromatic rings. The molecule has 0 aromatic carbocycles. The molecule has 11 heavy (non-hydrogen) atoms. The van der Waals surface area contributed by atoms with Gasteiger partial charge in [-0.25, -0.2) is 9.66 Å². The minimum atomic E-state index is -0.221. The Kier molecular flexibility index (Phi) is 2.19. The second kappa shape index (κ2) is 2.96. The lowest BCUT2D eigenvalue weighted by Gasteiger charge is -2.02. The highest BCUT2D eigenvalue weighted by Crippen LogP contribution is 2.06. The first-order valence-electron chi connectivity index (χ1n) is 3.05. The van der Waals surface area contributed by atoms with Gasteiger partial charge in [-0.3, -0.25) is 4.79 Å². The quantitative estimate of drug-likeness (QED) is 0.366. The molecule has 0 spiro atoms. The monoisotopic (exact) mass is 171 g/mol. The number of nitrogens with two attached hydrogens (primary N) is 1. The van der Waals surface area contributed by atoms with Gasteiger partial charge in [0.1, 0.15) is 0 Å². The Labute approximate surface area is 68.4 Å². The molecule has 0 saturated carbocycles. The van der Waals surface area contributed by atoms with Crippen LogP contribution in [0.2, 0.25) is 0 Å². The summed E-state index contributed by atoms with van der Waals surface area (Å²) in [6.45, 7) is 1.76. The van der Waals surface area contributed by atoms with Crippen molar-refractivity contribution < 1.29 is 0 Å². The maximum atomic E-state index is 11.0. The van der Waals surface area contributed by atoms with E-state index in [1.165, 1.54) is 17.8 Å². The molecule has 2 N–H and O–H groups in total. The van der Waals surface area contributed by atoms with E-state index in [9.17, 15) is 4.79 Å². The summed E-state index contributed by atoms with van der Waals surface area (Å²) in [5.74, 6) is 5.38. The Morgan fingerprint density at radius 1 is 1.73 bits per heavy atom. The van der Waals surface area contributed by atoms with Crippen LogP contribution in [0.5, 0.6) is 0 Å². The Hall–Kier alpha value is -0.970. The second-order valence-electron chi connectivity index (χ2n) is 2.09. The van der Waals surface area contributed by atoms with Gasteiger partial charge in [-0.15, -0.1) is 0 Å². The van der Waals surface area contributed by atoms with Crippen molar-refractivity contribution in [2.45, 2.75) is 12.1 Å². The fourth-order valence-corrected chi connectivity index (χ4v) is 1.25. The Balaban J connectivity index is 3.36. The van der Waals surface area contributed by atoms with Crippen LogP contribution >= 0.6 is 11.8 Å². The van der Waals surface area contributed by atoms with Crippen molar-refractivity contribution in [1.82, 2.24) is 9.66 Å². The van der Waals surface area contributed by atoms with Crippen molar-refractivity contribution in [3.05, 3.63) is 22.1 Å². The van der Waals surface area contributed by atoms with Gasteiger partial charge in [-0.2, -0.15) is 0 Å². The number of nitrogen functional groups attached to an aromatic ring is 1. The van der Waals surface area contributed by atoms with Crippen LogP contribution in [-0.4, -0.2) is 15.9 Å². The molecule has 0 amide bonds. The van der Waals surface area contributed by atoms with Gasteiger partial charge in [0.25, 0.3) is 5.56 Å². The summed E-state index contributed by atoms with van der Waals surface area (Å²) in [6, 6.07) is 1.40. The lowest BCUT2D eigenvalue weighted by Crippen LogP contribution is -2.29. The zero-order chi connectivity index (χ0) is 8.43. The topological polar surface area (TPSA) is 60.9 Å². The van der Waals surface area contributed by atoms with Crippen molar-refractivity contribution in [1.29, 1.82) is 0 Å². The Bertz CT molecular complexity index is 320. The number of aromatic nitrogens is 2. The molecule has 0 unspecified atom stereocenters. The number of hydrogen-bond acceptors (Lipinski definition) is 4. The van der Waals surface area contributed by atoms with Gasteiger partial charge in [-0.1, -0.05) is 11.8 Å². The second-order valence-corrected chi connectivity index (χ2v) is 2.87. The molecule has 0 aliphatic carbocycles. The van der Waals surface area contributed by atoms with Gasteiger partial charge < -0.3 is 5.84 Å². The zero-order valence-electron chi connectivity index (χ0n) is 6.37. The molecule has 0 fully saturated rings. The number of nitrogens with zero attached hydrogens (tertiary/aromatic N) is 2. The Morgan fingerprint density at radius 2 is 2.36 bits per heavy atom. The number of hydrogen-bond donors (Lipinski definition) is 1. The highest BCUT2D eigenvalue weighted by Gasteiger charge is 2.00. The molecule has 0 aliphatic heterocycles. The van der Waals surface area contributed by atoms with Crippen LogP contribution in [0.3, 0.4) is 0 Å². The summed E-state index contributed by atoms with van der Waals surface area (Å²) >= 11 is 1.35. The summed E-state index contributed by atoms with van der Waals surface area (Å²) < 4.78 is 1.04. The zero-order valence-corrected chi connectivity index (χ0v) is 7.18. The van der Waals surface area contributed by atoms with Crippen LogP contribution in [0.25, 0.3) is 0 Å². The molecule has 4 nitrogen and oxygen atoms in total. The third-order valence-electron chi connectivity index (χ3n) is 1.23. The van der Waals surface area contributed by atoms with E-state index in [-0.39, 0.29) is 5.56 Å². The van der Waals surface area contributed by atoms with Crippen molar-refractivity contribution in [2.75, 3.05) is 12.1 Å². The number of aryl methyl sites for hydroxylation is 1. The fraction of sp³-hybridized carbons (Fsp3) is 0.333. The minimum Gasteiger partial charge on any atom is -0.334 e. The molecule has 0 aliphatic rings. The van der Waals surface area contributed by atoms with Gasteiger partial charge >= 0.3 is 0 Å². The molecule has 1 heterocycles. The van der Waals surface area contributed by atoms with E-state index in [1.54, 1.807) is 6.92 Å². The van der Waals surface area contributed by atoms with Crippen LogP contribution in [0.15, 0.2) is 16.0 Å². The molecule has 60 valence electrons. The van der Waals surface area contributed by atoms with Crippen LogP contribution < -0.4 is 11.4 Å².